The van der Waals surface area contributed by atoms with Crippen molar-refractivity contribution in [1.82, 2.24) is 5.32 Å². The van der Waals surface area contributed by atoms with E-state index in [0.29, 0.717) is 12.0 Å². The van der Waals surface area contributed by atoms with E-state index in [1.54, 1.807) is 19.1 Å². The summed E-state index contributed by atoms with van der Waals surface area (Å²) in [4.78, 5) is 11.7. The van der Waals surface area contributed by atoms with E-state index in [4.69, 9.17) is 9.84 Å². The molecule has 0 spiro atoms. The summed E-state index contributed by atoms with van der Waals surface area (Å²) in [6.07, 6.45) is -0.846. The molecule has 0 fully saturated rings. The van der Waals surface area contributed by atoms with Gasteiger partial charge < -0.3 is 15.2 Å². The van der Waals surface area contributed by atoms with Crippen molar-refractivity contribution in [2.45, 2.75) is 45.8 Å². The molecule has 0 saturated heterocycles. The minimum absolute atomic E-state index is 0.00911. The molecule has 2 N–H and O–H groups in total. The standard InChI is InChI=1S/C15H22FNO3/c1-10(20-14(19)17-15(2,3)4)12-9-11(7-8-18)5-6-13(12)16/h5-6,9-10,18H,7-8H2,1-4H3,(H,17,19)/t10-/m1/s1. The third kappa shape index (κ3) is 5.17. The number of hydrogen-bond acceptors (Lipinski definition) is 3. The van der Waals surface area contributed by atoms with Gasteiger partial charge in [0.15, 0.2) is 0 Å². The Balaban J connectivity index is 2.78. The van der Waals surface area contributed by atoms with Crippen molar-refractivity contribution >= 4 is 6.09 Å². The lowest BCUT2D eigenvalue weighted by Gasteiger charge is -2.22. The number of aliphatic hydroxyl groups is 1. The highest BCUT2D eigenvalue weighted by molar-refractivity contribution is 5.68. The highest BCUT2D eigenvalue weighted by Gasteiger charge is 2.19. The van der Waals surface area contributed by atoms with Crippen LogP contribution >= 0.6 is 0 Å². The predicted molar refractivity (Wildman–Crippen MR) is 75.0 cm³/mol. The fourth-order valence-corrected chi connectivity index (χ4v) is 1.75. The van der Waals surface area contributed by atoms with Gasteiger partial charge in [0, 0.05) is 17.7 Å². The topological polar surface area (TPSA) is 58.6 Å². The Labute approximate surface area is 119 Å². The van der Waals surface area contributed by atoms with Crippen molar-refractivity contribution in [3.63, 3.8) is 0 Å². The zero-order valence-electron chi connectivity index (χ0n) is 12.4. The van der Waals surface area contributed by atoms with Gasteiger partial charge >= 0.3 is 6.09 Å². The van der Waals surface area contributed by atoms with Crippen molar-refractivity contribution in [2.24, 2.45) is 0 Å². The van der Waals surface area contributed by atoms with Gasteiger partial charge in [-0.25, -0.2) is 9.18 Å². The van der Waals surface area contributed by atoms with Gasteiger partial charge in [-0.05, 0) is 51.8 Å². The molecule has 0 bridgehead atoms. The van der Waals surface area contributed by atoms with Crippen LogP contribution in [0.15, 0.2) is 18.2 Å². The number of halogens is 1. The van der Waals surface area contributed by atoms with Gasteiger partial charge in [-0.1, -0.05) is 6.07 Å². The molecule has 0 aliphatic carbocycles. The van der Waals surface area contributed by atoms with Gasteiger partial charge in [0.1, 0.15) is 11.9 Å². The average Bonchev–Trinajstić information content (AvgIpc) is 2.29. The molecule has 112 valence electrons. The lowest BCUT2D eigenvalue weighted by Crippen LogP contribution is -2.41. The highest BCUT2D eigenvalue weighted by Crippen LogP contribution is 2.22. The van der Waals surface area contributed by atoms with Gasteiger partial charge in [-0.15, -0.1) is 0 Å². The van der Waals surface area contributed by atoms with Crippen LogP contribution in [0.3, 0.4) is 0 Å². The Morgan fingerprint density at radius 2 is 2.10 bits per heavy atom. The van der Waals surface area contributed by atoms with Gasteiger partial charge in [0.25, 0.3) is 0 Å². The second-order valence-corrected chi connectivity index (χ2v) is 5.75. The van der Waals surface area contributed by atoms with E-state index in [1.165, 1.54) is 6.07 Å². The van der Waals surface area contributed by atoms with Gasteiger partial charge in [-0.2, -0.15) is 0 Å². The molecule has 20 heavy (non-hydrogen) atoms. The number of rotatable bonds is 4. The third-order valence-electron chi connectivity index (χ3n) is 2.66. The average molecular weight is 283 g/mol. The van der Waals surface area contributed by atoms with Gasteiger partial charge in [0.2, 0.25) is 0 Å². The van der Waals surface area contributed by atoms with Crippen LogP contribution in [-0.2, 0) is 11.2 Å². The van der Waals surface area contributed by atoms with Crippen LogP contribution in [0, 0.1) is 5.82 Å². The third-order valence-corrected chi connectivity index (χ3v) is 2.66. The first-order chi connectivity index (χ1) is 9.23. The summed E-state index contributed by atoms with van der Waals surface area (Å²) in [7, 11) is 0. The molecule has 5 heteroatoms. The summed E-state index contributed by atoms with van der Waals surface area (Å²) >= 11 is 0. The Kier molecular flexibility index (Phi) is 5.51. The summed E-state index contributed by atoms with van der Waals surface area (Å²) < 4.78 is 18.9. The number of amides is 1. The summed E-state index contributed by atoms with van der Waals surface area (Å²) in [6, 6.07) is 4.54. The van der Waals surface area contributed by atoms with Crippen LogP contribution in [0.1, 0.15) is 44.9 Å². The smallest absolute Gasteiger partial charge is 0.408 e. The lowest BCUT2D eigenvalue weighted by molar-refractivity contribution is 0.0983. The maximum Gasteiger partial charge on any atom is 0.408 e. The number of carbonyl (C=O) groups is 1. The summed E-state index contributed by atoms with van der Waals surface area (Å²) in [6.45, 7) is 7.11. The number of ether oxygens (including phenoxy) is 1. The second-order valence-electron chi connectivity index (χ2n) is 5.75. The van der Waals surface area contributed by atoms with E-state index in [2.05, 4.69) is 5.32 Å². The Morgan fingerprint density at radius 1 is 1.45 bits per heavy atom. The number of alkyl carbamates (subject to hydrolysis) is 1. The molecule has 0 aliphatic heterocycles. The summed E-state index contributed by atoms with van der Waals surface area (Å²) in [5.41, 5.74) is 0.698. The Morgan fingerprint density at radius 3 is 2.65 bits per heavy atom. The number of nitrogens with one attached hydrogen (secondary N) is 1. The number of benzene rings is 1. The van der Waals surface area contributed by atoms with E-state index in [1.807, 2.05) is 20.8 Å². The predicted octanol–water partition coefficient (Wildman–Crippen LogP) is 2.95. The van der Waals surface area contributed by atoms with E-state index in [0.717, 1.165) is 5.56 Å². The first kappa shape index (κ1) is 16.4. The second kappa shape index (κ2) is 6.70. The maximum absolute atomic E-state index is 13.8. The van der Waals surface area contributed by atoms with Crippen LogP contribution in [0.2, 0.25) is 0 Å². The van der Waals surface area contributed by atoms with Crippen molar-refractivity contribution in [3.05, 3.63) is 35.1 Å². The molecule has 0 aromatic heterocycles. The molecule has 0 aliphatic rings. The first-order valence-electron chi connectivity index (χ1n) is 6.61. The first-order valence-corrected chi connectivity index (χ1v) is 6.61. The van der Waals surface area contributed by atoms with E-state index >= 15 is 0 Å². The Bertz CT molecular complexity index is 469. The number of hydrogen-bond donors (Lipinski definition) is 2. The molecular weight excluding hydrogens is 261 g/mol. The molecule has 4 nitrogen and oxygen atoms in total. The minimum atomic E-state index is -0.698. The largest absolute Gasteiger partial charge is 0.442 e. The van der Waals surface area contributed by atoms with E-state index in [-0.39, 0.29) is 6.61 Å². The Hall–Kier alpha value is -1.62. The van der Waals surface area contributed by atoms with Crippen LogP contribution in [0.4, 0.5) is 9.18 Å². The van der Waals surface area contributed by atoms with Gasteiger partial charge in [0.05, 0.1) is 0 Å². The molecule has 1 atom stereocenters. The fourth-order valence-electron chi connectivity index (χ4n) is 1.75. The van der Waals surface area contributed by atoms with Crippen LogP contribution in [0.5, 0.6) is 0 Å². The van der Waals surface area contributed by atoms with Crippen molar-refractivity contribution in [1.29, 1.82) is 0 Å². The number of carbonyl (C=O) groups excluding carboxylic acids is 1. The van der Waals surface area contributed by atoms with Crippen LogP contribution < -0.4 is 5.32 Å². The molecular formula is C15H22FNO3. The SMILES string of the molecule is C[C@@H](OC(=O)NC(C)(C)C)c1cc(CCO)ccc1F. The lowest BCUT2D eigenvalue weighted by atomic mass is 10.0. The molecule has 1 aromatic rings. The maximum atomic E-state index is 13.8. The molecule has 0 heterocycles. The zero-order chi connectivity index (χ0) is 15.3. The van der Waals surface area contributed by atoms with Crippen molar-refractivity contribution < 1.29 is 19.0 Å². The van der Waals surface area contributed by atoms with Crippen LogP contribution in [0.25, 0.3) is 0 Å². The summed E-state index contributed by atoms with van der Waals surface area (Å²) in [5.74, 6) is -0.428. The zero-order valence-corrected chi connectivity index (χ0v) is 12.4. The molecule has 1 rings (SSSR count). The quantitative estimate of drug-likeness (QED) is 0.893. The molecule has 0 radical (unpaired) electrons. The number of aliphatic hydroxyl groups excluding tert-OH is 1. The molecule has 1 amide bonds. The molecule has 0 saturated carbocycles. The summed E-state index contributed by atoms with van der Waals surface area (Å²) in [5, 5.41) is 11.6. The normalized spacial score (nSPS) is 12.9. The molecule has 0 unspecified atom stereocenters. The van der Waals surface area contributed by atoms with E-state index < -0.39 is 23.6 Å². The highest BCUT2D eigenvalue weighted by atomic mass is 19.1. The van der Waals surface area contributed by atoms with Crippen molar-refractivity contribution in [2.75, 3.05) is 6.61 Å². The monoisotopic (exact) mass is 283 g/mol. The minimum Gasteiger partial charge on any atom is -0.442 e. The van der Waals surface area contributed by atoms with Gasteiger partial charge in [-0.3, -0.25) is 0 Å². The van der Waals surface area contributed by atoms with Crippen molar-refractivity contribution in [3.8, 4) is 0 Å². The van der Waals surface area contributed by atoms with Crippen LogP contribution in [-0.4, -0.2) is 23.3 Å². The molecule has 1 aromatic carbocycles. The fraction of sp³-hybridized carbons (Fsp3) is 0.533. The van der Waals surface area contributed by atoms with E-state index in [9.17, 15) is 9.18 Å².